The number of nitrogens with one attached hydrogen (secondary N) is 2. The molecule has 6 heteroatoms. The maximum atomic E-state index is 11.7. The van der Waals surface area contributed by atoms with E-state index in [2.05, 4.69) is 27.7 Å². The van der Waals surface area contributed by atoms with Crippen molar-refractivity contribution < 1.29 is 9.32 Å². The molecule has 1 aromatic heterocycles. The number of hydrogen-bond donors (Lipinski definition) is 2. The highest BCUT2D eigenvalue weighted by atomic mass is 16.5. The van der Waals surface area contributed by atoms with E-state index in [1.807, 2.05) is 6.92 Å². The summed E-state index contributed by atoms with van der Waals surface area (Å²) >= 11 is 0. The SMILES string of the molecule is CCCCCNC(=O)C(C)NCCc1nc(C)no1. The van der Waals surface area contributed by atoms with E-state index in [9.17, 15) is 4.79 Å². The van der Waals surface area contributed by atoms with Crippen LogP contribution in [0, 0.1) is 6.92 Å². The standard InChI is InChI=1S/C13H24N4O2/c1-4-5-6-8-15-13(18)10(2)14-9-7-12-16-11(3)17-19-12/h10,14H,4-9H2,1-3H3,(H,15,18). The molecule has 108 valence electrons. The van der Waals surface area contributed by atoms with Gasteiger partial charge in [-0.15, -0.1) is 0 Å². The third-order valence-electron chi connectivity index (χ3n) is 2.83. The van der Waals surface area contributed by atoms with Crippen LogP contribution in [0.5, 0.6) is 0 Å². The lowest BCUT2D eigenvalue weighted by molar-refractivity contribution is -0.122. The van der Waals surface area contributed by atoms with E-state index in [1.165, 1.54) is 0 Å². The predicted octanol–water partition coefficient (Wildman–Crippen LogP) is 1.21. The largest absolute Gasteiger partial charge is 0.355 e. The molecule has 0 fully saturated rings. The van der Waals surface area contributed by atoms with Gasteiger partial charge in [0.05, 0.1) is 6.04 Å². The van der Waals surface area contributed by atoms with Gasteiger partial charge in [0, 0.05) is 19.5 Å². The fourth-order valence-electron chi connectivity index (χ4n) is 1.67. The van der Waals surface area contributed by atoms with Crippen molar-refractivity contribution >= 4 is 5.91 Å². The van der Waals surface area contributed by atoms with Gasteiger partial charge in [0.15, 0.2) is 5.82 Å². The van der Waals surface area contributed by atoms with Crippen molar-refractivity contribution in [2.24, 2.45) is 0 Å². The molecule has 1 unspecified atom stereocenters. The van der Waals surface area contributed by atoms with Crippen LogP contribution in [0.15, 0.2) is 4.52 Å². The van der Waals surface area contributed by atoms with Crippen LogP contribution in [0.1, 0.15) is 44.8 Å². The number of unbranched alkanes of at least 4 members (excludes halogenated alkanes) is 2. The van der Waals surface area contributed by atoms with Crippen LogP contribution in [0.3, 0.4) is 0 Å². The molecule has 2 N–H and O–H groups in total. The molecule has 0 radical (unpaired) electrons. The number of carbonyl (C=O) groups excluding carboxylic acids is 1. The molecule has 1 aromatic rings. The molecule has 1 rings (SSSR count). The average Bonchev–Trinajstić information content (AvgIpc) is 2.80. The molecule has 0 saturated carbocycles. The van der Waals surface area contributed by atoms with Gasteiger partial charge in [0.1, 0.15) is 0 Å². The van der Waals surface area contributed by atoms with Gasteiger partial charge in [-0.2, -0.15) is 4.98 Å². The van der Waals surface area contributed by atoms with E-state index < -0.39 is 0 Å². The summed E-state index contributed by atoms with van der Waals surface area (Å²) in [6.45, 7) is 7.18. The zero-order valence-corrected chi connectivity index (χ0v) is 12.0. The van der Waals surface area contributed by atoms with E-state index in [1.54, 1.807) is 6.92 Å². The summed E-state index contributed by atoms with van der Waals surface area (Å²) in [5.41, 5.74) is 0. The minimum Gasteiger partial charge on any atom is -0.355 e. The monoisotopic (exact) mass is 268 g/mol. The minimum absolute atomic E-state index is 0.0396. The predicted molar refractivity (Wildman–Crippen MR) is 72.7 cm³/mol. The molecular formula is C13H24N4O2. The first kappa shape index (κ1) is 15.6. The van der Waals surface area contributed by atoms with Crippen LogP contribution in [0.4, 0.5) is 0 Å². The number of hydrogen-bond acceptors (Lipinski definition) is 5. The van der Waals surface area contributed by atoms with E-state index in [0.29, 0.717) is 24.7 Å². The highest BCUT2D eigenvalue weighted by molar-refractivity contribution is 5.81. The van der Waals surface area contributed by atoms with Crippen molar-refractivity contribution in [3.8, 4) is 0 Å². The maximum absolute atomic E-state index is 11.7. The lowest BCUT2D eigenvalue weighted by Crippen LogP contribution is -2.43. The number of aromatic nitrogens is 2. The molecule has 1 atom stereocenters. The van der Waals surface area contributed by atoms with Crippen LogP contribution >= 0.6 is 0 Å². The zero-order valence-electron chi connectivity index (χ0n) is 12.0. The summed E-state index contributed by atoms with van der Waals surface area (Å²) in [5, 5.41) is 9.77. The zero-order chi connectivity index (χ0) is 14.1. The summed E-state index contributed by atoms with van der Waals surface area (Å²) in [5.74, 6) is 1.27. The Bertz CT molecular complexity index is 378. The summed E-state index contributed by atoms with van der Waals surface area (Å²) in [6.07, 6.45) is 3.98. The molecular weight excluding hydrogens is 244 g/mol. The van der Waals surface area contributed by atoms with Gasteiger partial charge in [0.25, 0.3) is 0 Å². The Kier molecular flexibility index (Phi) is 7.10. The summed E-state index contributed by atoms with van der Waals surface area (Å²) in [7, 11) is 0. The molecule has 0 aromatic carbocycles. The average molecular weight is 268 g/mol. The lowest BCUT2D eigenvalue weighted by Gasteiger charge is -2.13. The Balaban J connectivity index is 2.12. The number of rotatable bonds is 9. The summed E-state index contributed by atoms with van der Waals surface area (Å²) in [4.78, 5) is 15.8. The first-order valence-electron chi connectivity index (χ1n) is 6.93. The second kappa shape index (κ2) is 8.63. The third-order valence-corrected chi connectivity index (χ3v) is 2.83. The second-order valence-electron chi connectivity index (χ2n) is 4.66. The van der Waals surface area contributed by atoms with Crippen LogP contribution in [0.2, 0.25) is 0 Å². The smallest absolute Gasteiger partial charge is 0.236 e. The van der Waals surface area contributed by atoms with Crippen molar-refractivity contribution in [2.45, 2.75) is 52.5 Å². The molecule has 0 aliphatic rings. The van der Waals surface area contributed by atoms with Crippen LogP contribution in [0.25, 0.3) is 0 Å². The highest BCUT2D eigenvalue weighted by Gasteiger charge is 2.11. The molecule has 19 heavy (non-hydrogen) atoms. The second-order valence-corrected chi connectivity index (χ2v) is 4.66. The Morgan fingerprint density at radius 1 is 1.37 bits per heavy atom. The highest BCUT2D eigenvalue weighted by Crippen LogP contribution is 1.96. The van der Waals surface area contributed by atoms with Gasteiger partial charge < -0.3 is 15.2 Å². The third kappa shape index (κ3) is 6.33. The molecule has 0 saturated heterocycles. The van der Waals surface area contributed by atoms with Gasteiger partial charge in [-0.3, -0.25) is 4.79 Å². The van der Waals surface area contributed by atoms with E-state index in [4.69, 9.17) is 4.52 Å². The van der Waals surface area contributed by atoms with Crippen molar-refractivity contribution in [1.29, 1.82) is 0 Å². The van der Waals surface area contributed by atoms with Gasteiger partial charge in [0.2, 0.25) is 11.8 Å². The van der Waals surface area contributed by atoms with Gasteiger partial charge in [-0.1, -0.05) is 24.9 Å². The maximum Gasteiger partial charge on any atom is 0.236 e. The molecule has 0 spiro atoms. The summed E-state index contributed by atoms with van der Waals surface area (Å²) < 4.78 is 5.00. The van der Waals surface area contributed by atoms with Crippen molar-refractivity contribution in [3.05, 3.63) is 11.7 Å². The van der Waals surface area contributed by atoms with Crippen LogP contribution in [-0.4, -0.2) is 35.2 Å². The Labute approximate surface area is 114 Å². The van der Waals surface area contributed by atoms with Crippen molar-refractivity contribution in [2.75, 3.05) is 13.1 Å². The van der Waals surface area contributed by atoms with Gasteiger partial charge >= 0.3 is 0 Å². The van der Waals surface area contributed by atoms with E-state index >= 15 is 0 Å². The molecule has 0 bridgehead atoms. The quantitative estimate of drug-likeness (QED) is 0.658. The molecule has 6 nitrogen and oxygen atoms in total. The Morgan fingerprint density at radius 3 is 2.79 bits per heavy atom. The Morgan fingerprint density at radius 2 is 2.16 bits per heavy atom. The van der Waals surface area contributed by atoms with Crippen molar-refractivity contribution in [3.63, 3.8) is 0 Å². The normalized spacial score (nSPS) is 12.4. The fourth-order valence-corrected chi connectivity index (χ4v) is 1.67. The lowest BCUT2D eigenvalue weighted by atomic mass is 10.2. The van der Waals surface area contributed by atoms with Crippen LogP contribution in [-0.2, 0) is 11.2 Å². The number of nitrogens with zero attached hydrogens (tertiary/aromatic N) is 2. The Hall–Kier alpha value is -1.43. The first-order valence-corrected chi connectivity index (χ1v) is 6.93. The van der Waals surface area contributed by atoms with Gasteiger partial charge in [-0.25, -0.2) is 0 Å². The van der Waals surface area contributed by atoms with Crippen molar-refractivity contribution in [1.82, 2.24) is 20.8 Å². The fraction of sp³-hybridized carbons (Fsp3) is 0.769. The summed E-state index contributed by atoms with van der Waals surface area (Å²) in [6, 6.07) is -0.203. The van der Waals surface area contributed by atoms with E-state index in [0.717, 1.165) is 25.8 Å². The van der Waals surface area contributed by atoms with Crippen LogP contribution < -0.4 is 10.6 Å². The minimum atomic E-state index is -0.203. The number of amides is 1. The number of carbonyl (C=O) groups is 1. The molecule has 1 heterocycles. The molecule has 0 aliphatic carbocycles. The molecule has 0 aliphatic heterocycles. The number of aryl methyl sites for hydroxylation is 1. The molecule has 1 amide bonds. The first-order chi connectivity index (χ1) is 9.13. The van der Waals surface area contributed by atoms with Gasteiger partial charge in [-0.05, 0) is 20.3 Å². The van der Waals surface area contributed by atoms with E-state index in [-0.39, 0.29) is 11.9 Å². The topological polar surface area (TPSA) is 80.0 Å².